The van der Waals surface area contributed by atoms with E-state index in [0.29, 0.717) is 6.20 Å². The Morgan fingerprint density at radius 3 is 2.56 bits per heavy atom. The highest BCUT2D eigenvalue weighted by molar-refractivity contribution is 7.89. The molecule has 1 heterocycles. The molecule has 0 unspecified atom stereocenters. The van der Waals surface area contributed by atoms with Crippen LogP contribution in [0.5, 0.6) is 0 Å². The van der Waals surface area contributed by atoms with Gasteiger partial charge >= 0.3 is 6.18 Å². The number of anilines is 1. The Bertz CT molecular complexity index is 949. The van der Waals surface area contributed by atoms with Crippen LogP contribution in [0, 0.1) is 0 Å². The Labute approximate surface area is 160 Å². The van der Waals surface area contributed by atoms with Crippen molar-refractivity contribution in [3.8, 4) is 0 Å². The number of nitrogens with one attached hydrogen (secondary N) is 2. The first-order valence-corrected chi connectivity index (χ1v) is 10.1. The van der Waals surface area contributed by atoms with E-state index in [4.69, 9.17) is 11.6 Å². The van der Waals surface area contributed by atoms with Gasteiger partial charge in [0.05, 0.1) is 15.5 Å². The van der Waals surface area contributed by atoms with Gasteiger partial charge in [-0.2, -0.15) is 13.2 Å². The Hall–Kier alpha value is -1.84. The van der Waals surface area contributed by atoms with Gasteiger partial charge < -0.3 is 5.32 Å². The van der Waals surface area contributed by atoms with Crippen molar-refractivity contribution in [2.75, 3.05) is 18.4 Å². The molecule has 1 aromatic carbocycles. The van der Waals surface area contributed by atoms with Gasteiger partial charge in [-0.25, -0.2) is 18.1 Å². The molecule has 1 aromatic heterocycles. The van der Waals surface area contributed by atoms with Crippen molar-refractivity contribution in [2.45, 2.75) is 30.3 Å². The molecule has 0 spiro atoms. The van der Waals surface area contributed by atoms with Crippen LogP contribution >= 0.6 is 11.6 Å². The van der Waals surface area contributed by atoms with Gasteiger partial charge in [-0.05, 0) is 48.6 Å². The summed E-state index contributed by atoms with van der Waals surface area (Å²) in [5, 5.41) is 2.53. The second-order valence-electron chi connectivity index (χ2n) is 6.16. The summed E-state index contributed by atoms with van der Waals surface area (Å²) in [5.41, 5.74) is 1.28. The van der Waals surface area contributed by atoms with E-state index in [-0.39, 0.29) is 28.8 Å². The van der Waals surface area contributed by atoms with E-state index in [9.17, 15) is 21.6 Å². The number of halogens is 4. The normalized spacial score (nSPS) is 14.2. The summed E-state index contributed by atoms with van der Waals surface area (Å²) in [4.78, 5) is 3.84. The van der Waals surface area contributed by atoms with Crippen LogP contribution in [0.2, 0.25) is 5.02 Å². The summed E-state index contributed by atoms with van der Waals surface area (Å²) in [5.74, 6) is 0.0568. The lowest BCUT2D eigenvalue weighted by Crippen LogP contribution is -2.29. The number of hydrogen-bond donors (Lipinski definition) is 2. The minimum atomic E-state index is -4.53. The van der Waals surface area contributed by atoms with E-state index in [1.807, 2.05) is 6.07 Å². The summed E-state index contributed by atoms with van der Waals surface area (Å²) in [6.07, 6.45) is -0.993. The lowest BCUT2D eigenvalue weighted by molar-refractivity contribution is -0.137. The molecule has 3 rings (SSSR count). The van der Waals surface area contributed by atoms with Gasteiger partial charge in [0.1, 0.15) is 5.82 Å². The topological polar surface area (TPSA) is 71.1 Å². The van der Waals surface area contributed by atoms with Gasteiger partial charge in [-0.15, -0.1) is 0 Å². The fourth-order valence-electron chi connectivity index (χ4n) is 2.89. The van der Waals surface area contributed by atoms with Gasteiger partial charge in [0, 0.05) is 19.3 Å². The molecule has 10 heteroatoms. The maximum absolute atomic E-state index is 12.6. The van der Waals surface area contributed by atoms with Crippen molar-refractivity contribution >= 4 is 27.4 Å². The molecule has 0 amide bonds. The van der Waals surface area contributed by atoms with Gasteiger partial charge in [0.25, 0.3) is 0 Å². The van der Waals surface area contributed by atoms with Gasteiger partial charge in [-0.1, -0.05) is 17.7 Å². The van der Waals surface area contributed by atoms with Crippen LogP contribution in [0.15, 0.2) is 35.4 Å². The van der Waals surface area contributed by atoms with Crippen LogP contribution in [-0.2, 0) is 29.0 Å². The van der Waals surface area contributed by atoms with Crippen LogP contribution in [0.1, 0.15) is 23.1 Å². The smallest absolute Gasteiger partial charge is 0.368 e. The number of alkyl halides is 3. The third kappa shape index (κ3) is 4.72. The number of pyridine rings is 1. The number of hydrogen-bond acceptors (Lipinski definition) is 4. The number of aromatic nitrogens is 1. The number of sulfonamides is 1. The molecule has 2 aromatic rings. The highest BCUT2D eigenvalue weighted by Crippen LogP contribution is 2.32. The number of rotatable bonds is 6. The van der Waals surface area contributed by atoms with Crippen molar-refractivity contribution in [3.63, 3.8) is 0 Å². The quantitative estimate of drug-likeness (QED) is 0.701. The Balaban J connectivity index is 1.57. The molecule has 0 aliphatic heterocycles. The zero-order valence-corrected chi connectivity index (χ0v) is 15.7. The van der Waals surface area contributed by atoms with Gasteiger partial charge in [0.15, 0.2) is 0 Å². The first-order chi connectivity index (χ1) is 12.7. The third-order valence-corrected chi connectivity index (χ3v) is 6.01. The van der Waals surface area contributed by atoms with Crippen molar-refractivity contribution in [2.24, 2.45) is 0 Å². The molecule has 1 aliphatic rings. The van der Waals surface area contributed by atoms with Gasteiger partial charge in [0.2, 0.25) is 10.0 Å². The lowest BCUT2D eigenvalue weighted by Gasteiger charge is -2.12. The standard InChI is InChI=1S/C17H17ClF3N3O2S/c18-15-9-13(17(19,20)21)10-23-16(15)22-6-7-24-27(25,26)14-5-4-11-2-1-3-12(11)8-14/h4-5,8-10,24H,1-3,6-7H2,(H,22,23). The third-order valence-electron chi connectivity index (χ3n) is 4.26. The Morgan fingerprint density at radius 2 is 1.85 bits per heavy atom. The minimum absolute atomic E-state index is 0.0262. The molecule has 2 N–H and O–H groups in total. The first kappa shape index (κ1) is 19.9. The predicted molar refractivity (Wildman–Crippen MR) is 96.4 cm³/mol. The fraction of sp³-hybridized carbons (Fsp3) is 0.353. The maximum Gasteiger partial charge on any atom is 0.417 e. The summed E-state index contributed by atoms with van der Waals surface area (Å²) >= 11 is 5.79. The average Bonchev–Trinajstić information content (AvgIpc) is 3.06. The molecule has 0 atom stereocenters. The molecular weight excluding hydrogens is 403 g/mol. The highest BCUT2D eigenvalue weighted by atomic mass is 35.5. The van der Waals surface area contributed by atoms with Crippen LogP contribution in [0.3, 0.4) is 0 Å². The number of fused-ring (bicyclic) bond motifs is 1. The maximum atomic E-state index is 12.6. The van der Waals surface area contributed by atoms with E-state index in [0.717, 1.165) is 30.9 Å². The van der Waals surface area contributed by atoms with Crippen molar-refractivity contribution in [1.82, 2.24) is 9.71 Å². The van der Waals surface area contributed by atoms with Crippen LogP contribution in [-0.4, -0.2) is 26.5 Å². The summed E-state index contributed by atoms with van der Waals surface area (Å²) in [6.45, 7) is 0.140. The van der Waals surface area contributed by atoms with Crippen molar-refractivity contribution in [3.05, 3.63) is 52.2 Å². The zero-order chi connectivity index (χ0) is 19.7. The molecule has 27 heavy (non-hydrogen) atoms. The first-order valence-electron chi connectivity index (χ1n) is 8.25. The fourth-order valence-corrected chi connectivity index (χ4v) is 4.20. The average molecular weight is 420 g/mol. The number of nitrogens with zero attached hydrogens (tertiary/aromatic N) is 1. The summed E-state index contributed by atoms with van der Waals surface area (Å²) in [7, 11) is -3.66. The lowest BCUT2D eigenvalue weighted by atomic mass is 10.1. The van der Waals surface area contributed by atoms with Crippen LogP contribution in [0.25, 0.3) is 0 Å². The van der Waals surface area contributed by atoms with E-state index >= 15 is 0 Å². The Kier molecular flexibility index (Phi) is 5.64. The predicted octanol–water partition coefficient (Wildman–Crippen LogP) is 3.63. The summed E-state index contributed by atoms with van der Waals surface area (Å²) < 4.78 is 64.9. The molecular formula is C17H17ClF3N3O2S. The zero-order valence-electron chi connectivity index (χ0n) is 14.1. The number of benzene rings is 1. The highest BCUT2D eigenvalue weighted by Gasteiger charge is 2.31. The van der Waals surface area contributed by atoms with E-state index < -0.39 is 21.8 Å². The molecule has 5 nitrogen and oxygen atoms in total. The molecule has 0 fully saturated rings. The number of aryl methyl sites for hydroxylation is 2. The van der Waals surface area contributed by atoms with Crippen LogP contribution in [0.4, 0.5) is 19.0 Å². The van der Waals surface area contributed by atoms with Crippen molar-refractivity contribution < 1.29 is 21.6 Å². The largest absolute Gasteiger partial charge is 0.417 e. The molecule has 0 saturated heterocycles. The molecule has 1 aliphatic carbocycles. The van der Waals surface area contributed by atoms with Gasteiger partial charge in [-0.3, -0.25) is 0 Å². The second-order valence-corrected chi connectivity index (χ2v) is 8.33. The van der Waals surface area contributed by atoms with E-state index in [1.54, 1.807) is 12.1 Å². The Morgan fingerprint density at radius 1 is 1.11 bits per heavy atom. The van der Waals surface area contributed by atoms with E-state index in [2.05, 4.69) is 15.0 Å². The molecule has 0 saturated carbocycles. The van der Waals surface area contributed by atoms with E-state index in [1.165, 1.54) is 5.56 Å². The molecule has 146 valence electrons. The summed E-state index contributed by atoms with van der Waals surface area (Å²) in [6, 6.07) is 5.87. The second kappa shape index (κ2) is 7.65. The van der Waals surface area contributed by atoms with Crippen LogP contribution < -0.4 is 10.0 Å². The van der Waals surface area contributed by atoms with Crippen molar-refractivity contribution in [1.29, 1.82) is 0 Å². The molecule has 0 bridgehead atoms. The molecule has 0 radical (unpaired) electrons. The monoisotopic (exact) mass is 419 g/mol. The SMILES string of the molecule is O=S(=O)(NCCNc1ncc(C(F)(F)F)cc1Cl)c1ccc2c(c1)CCC2. The minimum Gasteiger partial charge on any atom is -0.368 e.